The zero-order valence-electron chi connectivity index (χ0n) is 21.6. The molecule has 0 bridgehead atoms. The van der Waals surface area contributed by atoms with E-state index in [1.165, 1.54) is 18.4 Å². The first-order valence-corrected chi connectivity index (χ1v) is 13.2. The minimum Gasteiger partial charge on any atom is -0.419 e. The van der Waals surface area contributed by atoms with Gasteiger partial charge in [-0.05, 0) is 72.9 Å². The molecule has 1 aliphatic carbocycles. The molecule has 1 aliphatic rings. The number of benzene rings is 3. The second-order valence-electron chi connectivity index (χ2n) is 10.1. The molecule has 3 aromatic rings. The summed E-state index contributed by atoms with van der Waals surface area (Å²) >= 11 is 0. The molecule has 0 atom stereocenters. The summed E-state index contributed by atoms with van der Waals surface area (Å²) in [5, 5.41) is 0. The van der Waals surface area contributed by atoms with Crippen LogP contribution in [0.25, 0.3) is 0 Å². The molecule has 0 spiro atoms. The van der Waals surface area contributed by atoms with Gasteiger partial charge in [0.15, 0.2) is 11.5 Å². The fourth-order valence-electron chi connectivity index (χ4n) is 5.10. The Hall–Kier alpha value is -3.40. The van der Waals surface area contributed by atoms with Gasteiger partial charge in [0.05, 0.1) is 11.1 Å². The maximum Gasteiger partial charge on any atom is 0.343 e. The third-order valence-electron chi connectivity index (χ3n) is 6.79. The van der Waals surface area contributed by atoms with Crippen molar-refractivity contribution in [1.29, 1.82) is 0 Å². The second kappa shape index (κ2) is 12.0. The Morgan fingerprint density at radius 2 is 1.36 bits per heavy atom. The van der Waals surface area contributed by atoms with Crippen molar-refractivity contribution < 1.29 is 19.1 Å². The summed E-state index contributed by atoms with van der Waals surface area (Å²) in [6.45, 7) is 6.43. The van der Waals surface area contributed by atoms with Gasteiger partial charge in [0.25, 0.3) is 0 Å². The minimum atomic E-state index is -0.450. The van der Waals surface area contributed by atoms with E-state index in [1.807, 2.05) is 36.4 Å². The maximum absolute atomic E-state index is 13.3. The van der Waals surface area contributed by atoms with E-state index < -0.39 is 11.9 Å². The van der Waals surface area contributed by atoms with Crippen molar-refractivity contribution in [2.24, 2.45) is 5.92 Å². The zero-order valence-corrected chi connectivity index (χ0v) is 21.6. The number of carbonyl (C=O) groups excluding carboxylic acids is 2. The van der Waals surface area contributed by atoms with Crippen LogP contribution in [0.15, 0.2) is 66.7 Å². The van der Waals surface area contributed by atoms with Gasteiger partial charge in [-0.3, -0.25) is 0 Å². The molecule has 188 valence electrons. The predicted octanol–water partition coefficient (Wildman–Crippen LogP) is 7.93. The minimum absolute atomic E-state index is 0.342. The smallest absolute Gasteiger partial charge is 0.343 e. The average Bonchev–Trinajstić information content (AvgIpc) is 3.43. The van der Waals surface area contributed by atoms with Crippen LogP contribution < -0.4 is 9.47 Å². The summed E-state index contributed by atoms with van der Waals surface area (Å²) < 4.78 is 12.2. The van der Waals surface area contributed by atoms with Crippen molar-refractivity contribution in [2.75, 3.05) is 0 Å². The Bertz CT molecular complexity index is 1180. The first-order valence-electron chi connectivity index (χ1n) is 13.2. The van der Waals surface area contributed by atoms with Gasteiger partial charge in [-0.2, -0.15) is 0 Å². The highest BCUT2D eigenvalue weighted by Gasteiger charge is 2.30. The first-order chi connectivity index (χ1) is 17.5. The summed E-state index contributed by atoms with van der Waals surface area (Å²) in [7, 11) is 0. The topological polar surface area (TPSA) is 52.6 Å². The molecular formula is C32H36O4. The lowest BCUT2D eigenvalue weighted by Crippen LogP contribution is -2.17. The van der Waals surface area contributed by atoms with Crippen molar-refractivity contribution in [2.45, 2.75) is 71.6 Å². The molecule has 4 heteroatoms. The van der Waals surface area contributed by atoms with Gasteiger partial charge in [0, 0.05) is 5.56 Å². The molecule has 0 aromatic heterocycles. The van der Waals surface area contributed by atoms with Gasteiger partial charge in [-0.15, -0.1) is 0 Å². The number of rotatable bonds is 9. The number of aryl methyl sites for hydroxylation is 1. The van der Waals surface area contributed by atoms with E-state index in [9.17, 15) is 9.59 Å². The Morgan fingerprint density at radius 1 is 0.833 bits per heavy atom. The molecule has 1 fully saturated rings. The molecule has 4 nitrogen and oxygen atoms in total. The van der Waals surface area contributed by atoms with E-state index in [2.05, 4.69) is 26.8 Å². The van der Waals surface area contributed by atoms with Crippen LogP contribution in [-0.4, -0.2) is 11.9 Å². The fourth-order valence-corrected chi connectivity index (χ4v) is 5.10. The normalized spacial score (nSPS) is 13.7. The van der Waals surface area contributed by atoms with Crippen LogP contribution in [0.1, 0.15) is 96.2 Å². The number of hydrogen-bond donors (Lipinski definition) is 0. The number of carbonyl (C=O) groups is 2. The van der Waals surface area contributed by atoms with Crippen LogP contribution in [0.3, 0.4) is 0 Å². The Balaban J connectivity index is 1.88. The Kier molecular flexibility index (Phi) is 8.58. The van der Waals surface area contributed by atoms with Crippen molar-refractivity contribution in [3.63, 3.8) is 0 Å². The highest BCUT2D eigenvalue weighted by atomic mass is 16.6. The lowest BCUT2D eigenvalue weighted by Gasteiger charge is -2.25. The van der Waals surface area contributed by atoms with E-state index in [0.29, 0.717) is 34.5 Å². The van der Waals surface area contributed by atoms with E-state index in [-0.39, 0.29) is 0 Å². The fraction of sp³-hybridized carbons (Fsp3) is 0.375. The van der Waals surface area contributed by atoms with Crippen LogP contribution in [-0.2, 0) is 12.8 Å². The Morgan fingerprint density at radius 3 is 1.86 bits per heavy atom. The molecular weight excluding hydrogens is 448 g/mol. The number of ether oxygens (including phenoxy) is 2. The molecule has 0 N–H and O–H groups in total. The van der Waals surface area contributed by atoms with Gasteiger partial charge in [-0.25, -0.2) is 9.59 Å². The highest BCUT2D eigenvalue weighted by Crippen LogP contribution is 2.46. The third-order valence-corrected chi connectivity index (χ3v) is 6.79. The van der Waals surface area contributed by atoms with E-state index in [1.54, 1.807) is 24.3 Å². The highest BCUT2D eigenvalue weighted by molar-refractivity contribution is 5.93. The molecule has 0 aliphatic heterocycles. The second-order valence-corrected chi connectivity index (χ2v) is 10.1. The maximum atomic E-state index is 13.3. The molecule has 0 saturated heterocycles. The molecule has 4 rings (SSSR count). The van der Waals surface area contributed by atoms with Crippen LogP contribution in [0.4, 0.5) is 0 Å². The van der Waals surface area contributed by atoms with Gasteiger partial charge in [0.2, 0.25) is 0 Å². The number of esters is 2. The van der Waals surface area contributed by atoms with Gasteiger partial charge < -0.3 is 9.47 Å². The Labute approximate surface area is 214 Å². The standard InChI is InChI=1S/C32H36O4/c1-4-13-26-21-27(23-14-11-12-15-23)28(20-22(2)3)30(36-32(34)25-18-9-6-10-19-25)29(26)35-31(33)24-16-7-5-8-17-24/h5-10,16-19,21-23H,4,11-15,20H2,1-3H3. The predicted molar refractivity (Wildman–Crippen MR) is 143 cm³/mol. The lowest BCUT2D eigenvalue weighted by atomic mass is 9.85. The molecule has 0 radical (unpaired) electrons. The number of hydrogen-bond acceptors (Lipinski definition) is 4. The quantitative estimate of drug-likeness (QED) is 0.228. The molecule has 3 aromatic carbocycles. The van der Waals surface area contributed by atoms with Crippen LogP contribution in [0.2, 0.25) is 0 Å². The molecule has 36 heavy (non-hydrogen) atoms. The third kappa shape index (κ3) is 6.04. The van der Waals surface area contributed by atoms with Crippen molar-refractivity contribution in [1.82, 2.24) is 0 Å². The summed E-state index contributed by atoms with van der Waals surface area (Å²) in [5.41, 5.74) is 4.10. The monoisotopic (exact) mass is 484 g/mol. The SMILES string of the molecule is CCCc1cc(C2CCCC2)c(CC(C)C)c(OC(=O)c2ccccc2)c1OC(=O)c1ccccc1. The molecule has 0 unspecified atom stereocenters. The average molecular weight is 485 g/mol. The van der Waals surface area contributed by atoms with Gasteiger partial charge >= 0.3 is 11.9 Å². The van der Waals surface area contributed by atoms with E-state index >= 15 is 0 Å². The van der Waals surface area contributed by atoms with Crippen molar-refractivity contribution >= 4 is 11.9 Å². The van der Waals surface area contributed by atoms with Gasteiger partial charge in [-0.1, -0.05) is 82.5 Å². The lowest BCUT2D eigenvalue weighted by molar-refractivity contribution is 0.0679. The van der Waals surface area contributed by atoms with Crippen LogP contribution >= 0.6 is 0 Å². The summed E-state index contributed by atoms with van der Waals surface area (Å²) in [5.74, 6) is 0.677. The summed E-state index contributed by atoms with van der Waals surface area (Å²) in [6, 6.07) is 20.2. The van der Waals surface area contributed by atoms with E-state index in [0.717, 1.165) is 43.2 Å². The molecule has 1 saturated carbocycles. The van der Waals surface area contributed by atoms with Crippen LogP contribution in [0, 0.1) is 5.92 Å². The van der Waals surface area contributed by atoms with Gasteiger partial charge in [0.1, 0.15) is 0 Å². The molecule has 0 heterocycles. The summed E-state index contributed by atoms with van der Waals surface area (Å²) in [6.07, 6.45) is 7.03. The van der Waals surface area contributed by atoms with E-state index in [4.69, 9.17) is 9.47 Å². The van der Waals surface area contributed by atoms with Crippen molar-refractivity contribution in [3.05, 3.63) is 94.5 Å². The zero-order chi connectivity index (χ0) is 25.5. The molecule has 0 amide bonds. The first kappa shape index (κ1) is 25.7. The van der Waals surface area contributed by atoms with Crippen molar-refractivity contribution in [3.8, 4) is 11.5 Å². The van der Waals surface area contributed by atoms with Crippen LogP contribution in [0.5, 0.6) is 11.5 Å². The summed E-state index contributed by atoms with van der Waals surface area (Å²) in [4.78, 5) is 26.5. The largest absolute Gasteiger partial charge is 0.419 e.